The number of carbonyl (C=O) groups excluding carboxylic acids is 2. The van der Waals surface area contributed by atoms with E-state index in [1.54, 1.807) is 25.2 Å². The van der Waals surface area contributed by atoms with Gasteiger partial charge in [0.25, 0.3) is 11.7 Å². The Morgan fingerprint density at radius 1 is 1.22 bits per heavy atom. The minimum absolute atomic E-state index is 0.0435. The average Bonchev–Trinajstić information content (AvgIpc) is 2.73. The first kappa shape index (κ1) is 16.9. The molecule has 4 N–H and O–H groups in total. The van der Waals surface area contributed by atoms with Gasteiger partial charge in [-0.15, -0.1) is 0 Å². The summed E-state index contributed by atoms with van der Waals surface area (Å²) < 4.78 is 7.08. The molecule has 1 amide bonds. The van der Waals surface area contributed by atoms with Crippen LogP contribution < -0.4 is 10.5 Å². The molecule has 0 atom stereocenters. The highest BCUT2D eigenvalue weighted by atomic mass is 16.5. The van der Waals surface area contributed by atoms with E-state index in [0.29, 0.717) is 16.8 Å². The molecule has 2 rings (SSSR count). The monoisotopic (exact) mass is 321 g/mol. The molecular weight excluding hydrogens is 302 g/mol. The largest absolute Gasteiger partial charge is 0.471 e. The lowest BCUT2D eigenvalue weighted by atomic mass is 10.1. The van der Waals surface area contributed by atoms with Gasteiger partial charge in [0, 0.05) is 11.4 Å². The number of carbonyl (C=O) groups is 2. The highest BCUT2D eigenvalue weighted by Crippen LogP contribution is 2.31. The molecule has 0 spiro atoms. The number of ketones is 1. The Bertz CT molecular complexity index is 808. The summed E-state index contributed by atoms with van der Waals surface area (Å²) in [7, 11) is 0. The molecule has 0 unspecified atom stereocenters. The summed E-state index contributed by atoms with van der Waals surface area (Å²) in [5, 5.41) is 18.0. The van der Waals surface area contributed by atoms with Crippen LogP contribution in [0.15, 0.2) is 0 Å². The standard InChI is InChI=1S/C15H19N3O5/c1-6-8(3)18-9(4)7(2)17-15(23-5-10(19)20)12(18)11(6)13(21)14(16)22/h10,19-20H,5H2,1-4H3,(H2,16,22). The number of aliphatic hydroxyl groups excluding tert-OH is 1. The van der Waals surface area contributed by atoms with Crippen molar-refractivity contribution in [2.75, 3.05) is 6.61 Å². The number of nitrogens with two attached hydrogens (primary N) is 1. The van der Waals surface area contributed by atoms with Crippen molar-refractivity contribution in [2.45, 2.75) is 34.0 Å². The molecule has 0 fully saturated rings. The van der Waals surface area contributed by atoms with Crippen LogP contribution >= 0.6 is 0 Å². The third-order valence-electron chi connectivity index (χ3n) is 3.86. The second-order valence-electron chi connectivity index (χ2n) is 5.34. The minimum Gasteiger partial charge on any atom is -0.471 e. The molecule has 0 aliphatic carbocycles. The number of aryl methyl sites for hydroxylation is 3. The topological polar surface area (TPSA) is 127 Å². The number of ether oxygens (including phenoxy) is 1. The number of hydrogen-bond acceptors (Lipinski definition) is 6. The lowest BCUT2D eigenvalue weighted by Gasteiger charge is -2.13. The fourth-order valence-electron chi connectivity index (χ4n) is 2.53. The normalized spacial score (nSPS) is 11.3. The predicted molar refractivity (Wildman–Crippen MR) is 81.4 cm³/mol. The maximum Gasteiger partial charge on any atom is 0.289 e. The molecule has 8 nitrogen and oxygen atoms in total. The molecule has 23 heavy (non-hydrogen) atoms. The third kappa shape index (κ3) is 2.78. The van der Waals surface area contributed by atoms with Crippen LogP contribution in [-0.4, -0.2) is 44.2 Å². The Balaban J connectivity index is 2.85. The van der Waals surface area contributed by atoms with Gasteiger partial charge in [-0.1, -0.05) is 0 Å². The summed E-state index contributed by atoms with van der Waals surface area (Å²) >= 11 is 0. The zero-order valence-corrected chi connectivity index (χ0v) is 13.4. The summed E-state index contributed by atoms with van der Waals surface area (Å²) in [6.07, 6.45) is -1.69. The Kier molecular flexibility index (Phi) is 4.39. The molecule has 2 aromatic heterocycles. The van der Waals surface area contributed by atoms with Crippen LogP contribution in [0.3, 0.4) is 0 Å². The summed E-state index contributed by atoms with van der Waals surface area (Å²) in [5.41, 5.74) is 8.33. The van der Waals surface area contributed by atoms with E-state index >= 15 is 0 Å². The van der Waals surface area contributed by atoms with E-state index in [4.69, 9.17) is 20.7 Å². The van der Waals surface area contributed by atoms with Gasteiger partial charge in [-0.05, 0) is 33.3 Å². The van der Waals surface area contributed by atoms with Crippen LogP contribution in [0, 0.1) is 27.7 Å². The van der Waals surface area contributed by atoms with Crippen molar-refractivity contribution < 1.29 is 24.5 Å². The summed E-state index contributed by atoms with van der Waals surface area (Å²) in [6, 6.07) is 0. The van der Waals surface area contributed by atoms with Crippen LogP contribution in [0.5, 0.6) is 5.88 Å². The number of rotatable bonds is 5. The molecule has 2 aromatic rings. The zero-order valence-electron chi connectivity index (χ0n) is 13.4. The number of hydrogen-bond donors (Lipinski definition) is 3. The van der Waals surface area contributed by atoms with Gasteiger partial charge in [-0.3, -0.25) is 9.59 Å². The van der Waals surface area contributed by atoms with E-state index in [0.717, 1.165) is 11.4 Å². The number of nitrogens with zero attached hydrogens (tertiary/aromatic N) is 2. The van der Waals surface area contributed by atoms with Gasteiger partial charge in [-0.2, -0.15) is 0 Å². The van der Waals surface area contributed by atoms with Gasteiger partial charge in [0.15, 0.2) is 6.29 Å². The van der Waals surface area contributed by atoms with Crippen molar-refractivity contribution >= 4 is 17.2 Å². The number of aliphatic hydroxyl groups is 2. The average molecular weight is 321 g/mol. The first-order valence-corrected chi connectivity index (χ1v) is 6.98. The summed E-state index contributed by atoms with van der Waals surface area (Å²) in [4.78, 5) is 27.8. The lowest BCUT2D eigenvalue weighted by Crippen LogP contribution is -2.24. The molecule has 0 saturated carbocycles. The second kappa shape index (κ2) is 5.98. The van der Waals surface area contributed by atoms with Crippen LogP contribution in [0.4, 0.5) is 0 Å². The molecular formula is C15H19N3O5. The van der Waals surface area contributed by atoms with Gasteiger partial charge in [0.1, 0.15) is 12.1 Å². The second-order valence-corrected chi connectivity index (χ2v) is 5.34. The van der Waals surface area contributed by atoms with Gasteiger partial charge < -0.3 is 25.1 Å². The van der Waals surface area contributed by atoms with Gasteiger partial charge in [0.2, 0.25) is 5.88 Å². The number of Topliss-reactive ketones (excluding diaryl/α,β-unsaturated/α-hetero) is 1. The number of aromatic nitrogens is 2. The van der Waals surface area contributed by atoms with E-state index < -0.39 is 24.6 Å². The van der Waals surface area contributed by atoms with Crippen molar-refractivity contribution in [3.63, 3.8) is 0 Å². The highest BCUT2D eigenvalue weighted by molar-refractivity contribution is 6.44. The fraction of sp³-hybridized carbons (Fsp3) is 0.400. The van der Waals surface area contributed by atoms with Crippen LogP contribution in [0.25, 0.3) is 5.52 Å². The van der Waals surface area contributed by atoms with Crippen LogP contribution in [0.1, 0.15) is 33.0 Å². The number of primary amides is 1. The van der Waals surface area contributed by atoms with Crippen molar-refractivity contribution in [1.82, 2.24) is 9.38 Å². The van der Waals surface area contributed by atoms with E-state index in [-0.39, 0.29) is 11.4 Å². The molecule has 2 heterocycles. The molecule has 0 aliphatic heterocycles. The molecule has 8 heteroatoms. The van der Waals surface area contributed by atoms with Crippen LogP contribution in [-0.2, 0) is 4.79 Å². The minimum atomic E-state index is -1.69. The van der Waals surface area contributed by atoms with Crippen LogP contribution in [0.2, 0.25) is 0 Å². The van der Waals surface area contributed by atoms with Gasteiger partial charge in [0.05, 0.1) is 11.3 Å². The maximum absolute atomic E-state index is 12.2. The predicted octanol–water partition coefficient (Wildman–Crippen LogP) is -0.0745. The van der Waals surface area contributed by atoms with Gasteiger partial charge >= 0.3 is 0 Å². The molecule has 0 aliphatic rings. The number of fused-ring (bicyclic) bond motifs is 1. The Hall–Kier alpha value is -2.45. The first-order valence-electron chi connectivity index (χ1n) is 6.98. The highest BCUT2D eigenvalue weighted by Gasteiger charge is 2.27. The molecule has 124 valence electrons. The zero-order chi connectivity index (χ0) is 17.5. The molecule has 0 radical (unpaired) electrons. The van der Waals surface area contributed by atoms with E-state index in [1.807, 2.05) is 6.92 Å². The molecule has 0 saturated heterocycles. The Morgan fingerprint density at radius 2 is 1.83 bits per heavy atom. The first-order chi connectivity index (χ1) is 10.7. The molecule has 0 bridgehead atoms. The lowest BCUT2D eigenvalue weighted by molar-refractivity contribution is -0.114. The third-order valence-corrected chi connectivity index (χ3v) is 3.86. The van der Waals surface area contributed by atoms with Crippen molar-refractivity contribution in [3.05, 3.63) is 28.2 Å². The number of amides is 1. The van der Waals surface area contributed by atoms with Crippen molar-refractivity contribution in [3.8, 4) is 5.88 Å². The van der Waals surface area contributed by atoms with E-state index in [1.165, 1.54) is 0 Å². The fourth-order valence-corrected chi connectivity index (χ4v) is 2.53. The molecule has 0 aromatic carbocycles. The SMILES string of the molecule is Cc1nc(OCC(O)O)c2c(C(=O)C(N)=O)c(C)c(C)n2c1C. The smallest absolute Gasteiger partial charge is 0.289 e. The Morgan fingerprint density at radius 3 is 2.35 bits per heavy atom. The quantitative estimate of drug-likeness (QED) is 0.402. The van der Waals surface area contributed by atoms with E-state index in [9.17, 15) is 9.59 Å². The summed E-state index contributed by atoms with van der Waals surface area (Å²) in [6.45, 7) is 6.68. The maximum atomic E-state index is 12.2. The van der Waals surface area contributed by atoms with Crippen molar-refractivity contribution in [2.24, 2.45) is 5.73 Å². The van der Waals surface area contributed by atoms with E-state index in [2.05, 4.69) is 4.98 Å². The summed E-state index contributed by atoms with van der Waals surface area (Å²) in [5.74, 6) is -1.87. The Labute approximate surface area is 132 Å². The van der Waals surface area contributed by atoms with Gasteiger partial charge in [-0.25, -0.2) is 4.98 Å². The van der Waals surface area contributed by atoms with Crippen molar-refractivity contribution in [1.29, 1.82) is 0 Å².